The van der Waals surface area contributed by atoms with Crippen LogP contribution in [0.3, 0.4) is 0 Å². The number of phenols is 1. The van der Waals surface area contributed by atoms with E-state index in [1.165, 1.54) is 19.2 Å². The second kappa shape index (κ2) is 10.4. The highest BCUT2D eigenvalue weighted by atomic mass is 19.1. The Labute approximate surface area is 178 Å². The van der Waals surface area contributed by atoms with E-state index in [1.54, 1.807) is 24.3 Å². The van der Waals surface area contributed by atoms with Gasteiger partial charge in [-0.1, -0.05) is 12.1 Å². The topological polar surface area (TPSA) is 117 Å². The first kappa shape index (κ1) is 22.0. The molecule has 9 heteroatoms. The van der Waals surface area contributed by atoms with Crippen molar-refractivity contribution >= 4 is 11.7 Å². The van der Waals surface area contributed by atoms with E-state index >= 15 is 0 Å². The number of methoxy groups -OCH3 is 1. The zero-order valence-electron chi connectivity index (χ0n) is 16.9. The maximum absolute atomic E-state index is 14.1. The minimum atomic E-state index is -0.466. The van der Waals surface area contributed by atoms with E-state index in [4.69, 9.17) is 4.74 Å². The van der Waals surface area contributed by atoms with E-state index in [9.17, 15) is 19.4 Å². The van der Waals surface area contributed by atoms with Gasteiger partial charge < -0.3 is 25.6 Å². The first-order chi connectivity index (χ1) is 14.9. The molecule has 0 radical (unpaired) electrons. The molecule has 0 aliphatic heterocycles. The van der Waals surface area contributed by atoms with Crippen LogP contribution >= 0.6 is 0 Å². The van der Waals surface area contributed by atoms with Crippen LogP contribution in [0.25, 0.3) is 11.3 Å². The van der Waals surface area contributed by atoms with Crippen molar-refractivity contribution in [2.45, 2.75) is 13.0 Å². The van der Waals surface area contributed by atoms with Gasteiger partial charge in [0.1, 0.15) is 24.0 Å². The average molecular weight is 426 g/mol. The van der Waals surface area contributed by atoms with Crippen molar-refractivity contribution in [1.82, 2.24) is 15.3 Å². The molecule has 0 aliphatic rings. The monoisotopic (exact) mass is 426 g/mol. The van der Waals surface area contributed by atoms with Gasteiger partial charge >= 0.3 is 6.01 Å². The van der Waals surface area contributed by atoms with Crippen molar-refractivity contribution in [2.75, 3.05) is 25.6 Å². The summed E-state index contributed by atoms with van der Waals surface area (Å²) in [7, 11) is 1.40. The molecule has 0 unspecified atom stereocenters. The molecular formula is C22H23FN4O4. The third-order valence-electron chi connectivity index (χ3n) is 4.46. The molecule has 0 saturated heterocycles. The summed E-state index contributed by atoms with van der Waals surface area (Å²) in [4.78, 5) is 19.6. The third kappa shape index (κ3) is 6.38. The quantitative estimate of drug-likeness (QED) is 0.416. The lowest BCUT2D eigenvalue weighted by molar-refractivity contribution is -0.124. The summed E-state index contributed by atoms with van der Waals surface area (Å²) in [5.74, 6) is -0.196. The van der Waals surface area contributed by atoms with Crippen molar-refractivity contribution in [2.24, 2.45) is 0 Å². The number of aromatic nitrogens is 2. The van der Waals surface area contributed by atoms with Gasteiger partial charge in [0, 0.05) is 37.4 Å². The van der Waals surface area contributed by atoms with Crippen molar-refractivity contribution in [3.63, 3.8) is 0 Å². The predicted molar refractivity (Wildman–Crippen MR) is 113 cm³/mol. The summed E-state index contributed by atoms with van der Waals surface area (Å²) < 4.78 is 18.9. The fourth-order valence-electron chi connectivity index (χ4n) is 2.92. The van der Waals surface area contributed by atoms with E-state index in [-0.39, 0.29) is 30.4 Å². The Morgan fingerprint density at radius 2 is 1.87 bits per heavy atom. The fraction of sp³-hybridized carbons (Fsp3) is 0.227. The van der Waals surface area contributed by atoms with Crippen molar-refractivity contribution in [1.29, 1.82) is 0 Å². The van der Waals surface area contributed by atoms with Gasteiger partial charge in [0.05, 0.1) is 5.69 Å². The summed E-state index contributed by atoms with van der Waals surface area (Å²) in [6, 6.07) is 12.5. The number of hydrogen-bond acceptors (Lipinski definition) is 7. The molecule has 0 bridgehead atoms. The highest BCUT2D eigenvalue weighted by Gasteiger charge is 2.11. The molecule has 0 fully saturated rings. The van der Waals surface area contributed by atoms with Gasteiger partial charge in [-0.2, -0.15) is 9.97 Å². The van der Waals surface area contributed by atoms with Crippen molar-refractivity contribution in [3.05, 3.63) is 65.5 Å². The van der Waals surface area contributed by atoms with E-state index in [1.807, 2.05) is 12.1 Å². The Morgan fingerprint density at radius 3 is 2.61 bits per heavy atom. The molecule has 2 aromatic carbocycles. The number of ether oxygens (including phenoxy) is 1. The molecule has 3 rings (SSSR count). The molecule has 1 amide bonds. The van der Waals surface area contributed by atoms with Crippen LogP contribution in [-0.4, -0.2) is 46.3 Å². The molecule has 162 valence electrons. The molecule has 1 heterocycles. The molecule has 0 atom stereocenters. The number of phenolic OH excluding ortho intramolecular Hbond substituents is 1. The van der Waals surface area contributed by atoms with Gasteiger partial charge in [-0.05, 0) is 42.3 Å². The van der Waals surface area contributed by atoms with Crippen molar-refractivity contribution in [3.8, 4) is 23.0 Å². The summed E-state index contributed by atoms with van der Waals surface area (Å²) in [6.07, 6.45) is 0.683. The number of benzene rings is 2. The number of hydrogen-bond donors (Lipinski definition) is 4. The summed E-state index contributed by atoms with van der Waals surface area (Å²) in [5, 5.41) is 25.0. The van der Waals surface area contributed by atoms with Crippen LogP contribution < -0.4 is 10.6 Å². The molecule has 1 aromatic heterocycles. The maximum atomic E-state index is 14.1. The van der Waals surface area contributed by atoms with Gasteiger partial charge in [-0.3, -0.25) is 4.79 Å². The lowest BCUT2D eigenvalue weighted by Gasteiger charge is -2.10. The Morgan fingerprint density at radius 1 is 1.10 bits per heavy atom. The third-order valence-corrected chi connectivity index (χ3v) is 4.46. The van der Waals surface area contributed by atoms with Crippen LogP contribution in [0.4, 0.5) is 10.2 Å². The molecule has 31 heavy (non-hydrogen) atoms. The van der Waals surface area contributed by atoms with Crippen LogP contribution in [0, 0.1) is 5.82 Å². The number of carbonyl (C=O) groups excluding carboxylic acids is 1. The molecule has 3 aromatic rings. The van der Waals surface area contributed by atoms with E-state index in [0.717, 1.165) is 5.56 Å². The second-order valence-electron chi connectivity index (χ2n) is 6.80. The SMILES string of the molecule is COCC(=O)NCc1cc(-c2cc(NCCc3ccc(O)cc3)nc(O)n2)ccc1F. The fourth-order valence-corrected chi connectivity index (χ4v) is 2.92. The van der Waals surface area contributed by atoms with Gasteiger partial charge in [0.15, 0.2) is 0 Å². The predicted octanol–water partition coefficient (Wildman–Crippen LogP) is 2.61. The Hall–Kier alpha value is -3.72. The molecule has 8 nitrogen and oxygen atoms in total. The highest BCUT2D eigenvalue weighted by Crippen LogP contribution is 2.24. The van der Waals surface area contributed by atoms with Crippen molar-refractivity contribution < 1.29 is 24.1 Å². The molecule has 4 N–H and O–H groups in total. The number of aromatic hydroxyl groups is 2. The first-order valence-electron chi connectivity index (χ1n) is 9.59. The number of carbonyl (C=O) groups is 1. The smallest absolute Gasteiger partial charge is 0.316 e. The van der Waals surface area contributed by atoms with Crippen LogP contribution in [0.15, 0.2) is 48.5 Å². The number of halogens is 1. The summed E-state index contributed by atoms with van der Waals surface area (Å²) >= 11 is 0. The zero-order chi connectivity index (χ0) is 22.2. The van der Waals surface area contributed by atoms with Crippen LogP contribution in [0.2, 0.25) is 0 Å². The van der Waals surface area contributed by atoms with Gasteiger partial charge in [0.25, 0.3) is 0 Å². The van der Waals surface area contributed by atoms with E-state index < -0.39 is 11.8 Å². The zero-order valence-corrected chi connectivity index (χ0v) is 16.9. The Bertz CT molecular complexity index is 1040. The normalized spacial score (nSPS) is 10.6. The standard InChI is InChI=1S/C22H23FN4O4/c1-31-13-21(29)25-12-16-10-15(4-7-18(16)23)19-11-20(27-22(30)26-19)24-9-8-14-2-5-17(28)6-3-14/h2-7,10-11,28H,8-9,12-13H2,1H3,(H,25,29)(H2,24,26,27,30). The molecule has 0 saturated carbocycles. The minimum Gasteiger partial charge on any atom is -0.508 e. The average Bonchev–Trinajstić information content (AvgIpc) is 2.74. The Balaban J connectivity index is 1.70. The second-order valence-corrected chi connectivity index (χ2v) is 6.80. The van der Waals surface area contributed by atoms with Gasteiger partial charge in [-0.25, -0.2) is 4.39 Å². The first-order valence-corrected chi connectivity index (χ1v) is 9.59. The highest BCUT2D eigenvalue weighted by molar-refractivity contribution is 5.77. The minimum absolute atomic E-state index is 0.00330. The molecule has 0 aliphatic carbocycles. The summed E-state index contributed by atoms with van der Waals surface area (Å²) in [5.41, 5.74) is 2.28. The van der Waals surface area contributed by atoms with Gasteiger partial charge in [0.2, 0.25) is 5.91 Å². The number of anilines is 1. The van der Waals surface area contributed by atoms with Crippen LogP contribution in [0.1, 0.15) is 11.1 Å². The summed E-state index contributed by atoms with van der Waals surface area (Å²) in [6.45, 7) is 0.428. The number of nitrogens with one attached hydrogen (secondary N) is 2. The van der Waals surface area contributed by atoms with E-state index in [2.05, 4.69) is 20.6 Å². The maximum Gasteiger partial charge on any atom is 0.316 e. The molecule has 0 spiro atoms. The number of rotatable bonds is 9. The lowest BCUT2D eigenvalue weighted by Crippen LogP contribution is -2.26. The van der Waals surface area contributed by atoms with Gasteiger partial charge in [-0.15, -0.1) is 0 Å². The number of nitrogens with zero attached hydrogens (tertiary/aromatic N) is 2. The van der Waals surface area contributed by atoms with Crippen LogP contribution in [-0.2, 0) is 22.5 Å². The van der Waals surface area contributed by atoms with Crippen LogP contribution in [0.5, 0.6) is 11.8 Å². The number of amides is 1. The van der Waals surface area contributed by atoms with E-state index in [0.29, 0.717) is 30.0 Å². The lowest BCUT2D eigenvalue weighted by atomic mass is 10.1. The Kier molecular flexibility index (Phi) is 7.34. The largest absolute Gasteiger partial charge is 0.508 e. The molecular weight excluding hydrogens is 403 g/mol.